The molecule has 0 aliphatic carbocycles. The minimum Gasteiger partial charge on any atom is -0.493 e. The maximum atomic E-state index is 12.7. The Morgan fingerprint density at radius 1 is 1.12 bits per heavy atom. The highest BCUT2D eigenvalue weighted by molar-refractivity contribution is 5.90. The second-order valence-corrected chi connectivity index (χ2v) is 6.52. The van der Waals surface area contributed by atoms with Crippen LogP contribution in [0.3, 0.4) is 0 Å². The van der Waals surface area contributed by atoms with Crippen molar-refractivity contribution in [3.05, 3.63) is 82.8 Å². The summed E-state index contributed by atoms with van der Waals surface area (Å²) in [6, 6.07) is 13.9. The summed E-state index contributed by atoms with van der Waals surface area (Å²) < 4.78 is 54.3. The number of alkyl halides is 3. The summed E-state index contributed by atoms with van der Waals surface area (Å²) in [4.78, 5) is 10.9. The number of carboxylic acid groups (broad SMARTS) is 1. The van der Waals surface area contributed by atoms with Crippen molar-refractivity contribution in [1.82, 2.24) is 0 Å². The van der Waals surface area contributed by atoms with E-state index >= 15 is 0 Å². The summed E-state index contributed by atoms with van der Waals surface area (Å²) >= 11 is 0. The minimum atomic E-state index is -4.46. The van der Waals surface area contributed by atoms with Crippen molar-refractivity contribution in [1.29, 1.82) is 5.26 Å². The molecule has 1 heterocycles. The quantitative estimate of drug-likeness (QED) is 0.375. The van der Waals surface area contributed by atoms with Gasteiger partial charge >= 0.3 is 12.1 Å². The zero-order valence-corrected chi connectivity index (χ0v) is 16.6. The molecule has 2 aromatic carbocycles. The number of allylic oxidation sites excluding steroid dienone is 1. The fourth-order valence-corrected chi connectivity index (χ4v) is 2.80. The highest BCUT2D eigenvalue weighted by Gasteiger charge is 2.30. The summed E-state index contributed by atoms with van der Waals surface area (Å²) in [6.07, 6.45) is -2.94. The summed E-state index contributed by atoms with van der Waals surface area (Å²) in [5.41, 5.74) is 0.281. The number of halogens is 3. The smallest absolute Gasteiger partial charge is 0.416 e. The molecule has 0 saturated heterocycles. The Morgan fingerprint density at radius 3 is 2.41 bits per heavy atom. The minimum absolute atomic E-state index is 0.0339. The summed E-state index contributed by atoms with van der Waals surface area (Å²) in [5.74, 6) is -0.392. The summed E-state index contributed by atoms with van der Waals surface area (Å²) in [7, 11) is 1.42. The number of nitriles is 1. The van der Waals surface area contributed by atoms with Crippen molar-refractivity contribution in [2.75, 3.05) is 7.11 Å². The first-order chi connectivity index (χ1) is 15.2. The normalized spacial score (nSPS) is 11.7. The molecule has 0 spiro atoms. The van der Waals surface area contributed by atoms with Gasteiger partial charge in [0.1, 0.15) is 12.4 Å². The van der Waals surface area contributed by atoms with Crippen LogP contribution in [0.4, 0.5) is 13.2 Å². The van der Waals surface area contributed by atoms with Crippen molar-refractivity contribution in [2.45, 2.75) is 12.8 Å². The van der Waals surface area contributed by atoms with Gasteiger partial charge in [0.2, 0.25) is 5.76 Å². The number of benzene rings is 2. The second kappa shape index (κ2) is 9.31. The van der Waals surface area contributed by atoms with E-state index in [-0.39, 0.29) is 17.9 Å². The average molecular weight is 443 g/mol. The first kappa shape index (κ1) is 22.5. The van der Waals surface area contributed by atoms with Crippen molar-refractivity contribution in [2.24, 2.45) is 0 Å². The molecule has 32 heavy (non-hydrogen) atoms. The van der Waals surface area contributed by atoms with E-state index in [0.29, 0.717) is 28.4 Å². The largest absolute Gasteiger partial charge is 0.493 e. The monoisotopic (exact) mass is 443 g/mol. The molecule has 1 N–H and O–H groups in total. The van der Waals surface area contributed by atoms with Crippen molar-refractivity contribution < 1.29 is 37.0 Å². The van der Waals surface area contributed by atoms with Crippen LogP contribution in [0.5, 0.6) is 11.5 Å². The Kier molecular flexibility index (Phi) is 6.54. The van der Waals surface area contributed by atoms with Gasteiger partial charge in [-0.05, 0) is 53.6 Å². The fraction of sp³-hybridized carbons (Fsp3) is 0.130. The van der Waals surface area contributed by atoms with Crippen LogP contribution in [-0.4, -0.2) is 18.2 Å². The molecule has 6 nitrogen and oxygen atoms in total. The molecule has 0 aliphatic heterocycles. The van der Waals surface area contributed by atoms with Gasteiger partial charge in [0.25, 0.3) is 0 Å². The predicted molar refractivity (Wildman–Crippen MR) is 108 cm³/mol. The summed E-state index contributed by atoms with van der Waals surface area (Å²) in [5, 5.41) is 18.3. The molecule has 0 atom stereocenters. The van der Waals surface area contributed by atoms with E-state index in [1.807, 2.05) is 6.07 Å². The van der Waals surface area contributed by atoms with Gasteiger partial charge in [-0.25, -0.2) is 4.79 Å². The van der Waals surface area contributed by atoms with Crippen LogP contribution in [0.1, 0.15) is 33.0 Å². The van der Waals surface area contributed by atoms with Crippen LogP contribution >= 0.6 is 0 Å². The Labute approximate surface area is 180 Å². The average Bonchev–Trinajstić information content (AvgIpc) is 3.25. The third kappa shape index (κ3) is 5.29. The van der Waals surface area contributed by atoms with Gasteiger partial charge in [-0.3, -0.25) is 0 Å². The van der Waals surface area contributed by atoms with Crippen LogP contribution in [0, 0.1) is 11.3 Å². The standard InChI is InChI=1S/C23H16F3NO5/c1-30-21-11-14(2-8-19(21)31-13-18-7-9-20(32-18)22(28)29)10-16(12-27)15-3-5-17(6-4-15)23(24,25)26/h2-11H,13H2,1H3,(H,28,29). The number of methoxy groups -OCH3 is 1. The van der Waals surface area contributed by atoms with Gasteiger partial charge in [0, 0.05) is 0 Å². The molecule has 0 amide bonds. The van der Waals surface area contributed by atoms with E-state index in [2.05, 4.69) is 0 Å². The van der Waals surface area contributed by atoms with Gasteiger partial charge in [-0.2, -0.15) is 18.4 Å². The molecule has 164 valence electrons. The second-order valence-electron chi connectivity index (χ2n) is 6.52. The number of furan rings is 1. The first-order valence-electron chi connectivity index (χ1n) is 9.13. The number of nitrogens with zero attached hydrogens (tertiary/aromatic N) is 1. The first-order valence-corrected chi connectivity index (χ1v) is 9.13. The van der Waals surface area contributed by atoms with E-state index in [4.69, 9.17) is 19.0 Å². The molecule has 0 bridgehead atoms. The van der Waals surface area contributed by atoms with Crippen molar-refractivity contribution in [3.8, 4) is 17.6 Å². The Bertz CT molecular complexity index is 1190. The number of hydrogen-bond donors (Lipinski definition) is 1. The number of carboxylic acids is 1. The van der Waals surface area contributed by atoms with E-state index < -0.39 is 17.7 Å². The molecule has 1 aromatic heterocycles. The molecule has 0 saturated carbocycles. The molecule has 0 fully saturated rings. The van der Waals surface area contributed by atoms with Gasteiger partial charge in [0.15, 0.2) is 11.5 Å². The lowest BCUT2D eigenvalue weighted by Crippen LogP contribution is -2.04. The van der Waals surface area contributed by atoms with Crippen LogP contribution in [-0.2, 0) is 12.8 Å². The highest BCUT2D eigenvalue weighted by atomic mass is 19.4. The molecule has 0 unspecified atom stereocenters. The topological polar surface area (TPSA) is 92.7 Å². The maximum Gasteiger partial charge on any atom is 0.416 e. The van der Waals surface area contributed by atoms with E-state index in [9.17, 15) is 23.2 Å². The van der Waals surface area contributed by atoms with Crippen molar-refractivity contribution >= 4 is 17.6 Å². The number of aromatic carboxylic acids is 1. The molecule has 0 aliphatic rings. The molecule has 3 rings (SSSR count). The van der Waals surface area contributed by atoms with Crippen LogP contribution in [0.25, 0.3) is 11.6 Å². The van der Waals surface area contributed by atoms with Crippen LogP contribution in [0.15, 0.2) is 59.0 Å². The molecule has 0 radical (unpaired) electrons. The maximum absolute atomic E-state index is 12.7. The zero-order valence-electron chi connectivity index (χ0n) is 16.6. The Hall–Kier alpha value is -4.19. The SMILES string of the molecule is COc1cc(C=C(C#N)c2ccc(C(F)(F)F)cc2)ccc1OCc1ccc(C(=O)O)o1. The predicted octanol–water partition coefficient (Wildman–Crippen LogP) is 5.65. The highest BCUT2D eigenvalue weighted by Crippen LogP contribution is 2.32. The number of ether oxygens (including phenoxy) is 2. The molecule has 3 aromatic rings. The third-order valence-electron chi connectivity index (χ3n) is 4.38. The number of hydrogen-bond acceptors (Lipinski definition) is 5. The zero-order chi connectivity index (χ0) is 23.3. The van der Waals surface area contributed by atoms with Crippen molar-refractivity contribution in [3.63, 3.8) is 0 Å². The number of rotatable bonds is 7. The van der Waals surface area contributed by atoms with Gasteiger partial charge < -0.3 is 19.0 Å². The van der Waals surface area contributed by atoms with Crippen LogP contribution in [0.2, 0.25) is 0 Å². The van der Waals surface area contributed by atoms with E-state index in [1.54, 1.807) is 18.2 Å². The van der Waals surface area contributed by atoms with Gasteiger partial charge in [-0.1, -0.05) is 18.2 Å². The van der Waals surface area contributed by atoms with Gasteiger partial charge in [-0.15, -0.1) is 0 Å². The van der Waals surface area contributed by atoms with Crippen LogP contribution < -0.4 is 9.47 Å². The lowest BCUT2D eigenvalue weighted by Gasteiger charge is -2.11. The lowest BCUT2D eigenvalue weighted by molar-refractivity contribution is -0.137. The lowest BCUT2D eigenvalue weighted by atomic mass is 10.0. The number of carbonyl (C=O) groups is 1. The fourth-order valence-electron chi connectivity index (χ4n) is 2.80. The Balaban J connectivity index is 1.79. The Morgan fingerprint density at radius 2 is 1.84 bits per heavy atom. The third-order valence-corrected chi connectivity index (χ3v) is 4.38. The molecular formula is C23H16F3NO5. The molecule has 9 heteroatoms. The summed E-state index contributed by atoms with van der Waals surface area (Å²) in [6.45, 7) is -0.0339. The van der Waals surface area contributed by atoms with E-state index in [1.165, 1.54) is 37.5 Å². The van der Waals surface area contributed by atoms with Gasteiger partial charge in [0.05, 0.1) is 24.3 Å². The molecular weight excluding hydrogens is 427 g/mol. The van der Waals surface area contributed by atoms with E-state index in [0.717, 1.165) is 12.1 Å².